The molecule has 21 heavy (non-hydrogen) atoms. The van der Waals surface area contributed by atoms with Crippen LogP contribution >= 0.6 is 0 Å². The zero-order chi connectivity index (χ0) is 15.4. The van der Waals surface area contributed by atoms with Gasteiger partial charge in [-0.1, -0.05) is 0 Å². The minimum atomic E-state index is -1.05. The fraction of sp³-hybridized carbons (Fsp3) is 0.308. The number of carbonyl (C=O) groups is 2. The van der Waals surface area contributed by atoms with Crippen molar-refractivity contribution < 1.29 is 19.1 Å². The second-order valence-corrected chi connectivity index (χ2v) is 4.50. The number of nitrogens with one attached hydrogen (secondary N) is 2. The Balaban J connectivity index is 1.81. The van der Waals surface area contributed by atoms with Gasteiger partial charge in [0.05, 0.1) is 18.8 Å². The van der Waals surface area contributed by atoms with Crippen LogP contribution in [0.3, 0.4) is 0 Å². The first kappa shape index (κ1) is 14.6. The highest BCUT2D eigenvalue weighted by atomic mass is 16.4. The van der Waals surface area contributed by atoms with E-state index in [1.165, 1.54) is 6.07 Å². The third kappa shape index (κ3) is 3.85. The summed E-state index contributed by atoms with van der Waals surface area (Å²) in [4.78, 5) is 22.5. The third-order valence-electron chi connectivity index (χ3n) is 2.82. The van der Waals surface area contributed by atoms with Crippen molar-refractivity contribution in [2.75, 3.05) is 0 Å². The van der Waals surface area contributed by atoms with Crippen molar-refractivity contribution in [1.29, 1.82) is 0 Å². The van der Waals surface area contributed by atoms with Crippen LogP contribution in [0.5, 0.6) is 0 Å². The standard InChI is InChI=1S/C13H16N4O4/c1-8-11(12(18)19)5-10(21-8)7-15-13(20)14-6-9-3-4-17(2)16-9/h3-5H,6-7H2,1-2H3,(H,18,19)(H2,14,15,20). The molecule has 112 valence electrons. The van der Waals surface area contributed by atoms with E-state index < -0.39 is 5.97 Å². The number of aromatic nitrogens is 2. The second-order valence-electron chi connectivity index (χ2n) is 4.50. The Hall–Kier alpha value is -2.77. The van der Waals surface area contributed by atoms with E-state index in [0.717, 1.165) is 5.69 Å². The molecule has 2 aromatic heterocycles. The van der Waals surface area contributed by atoms with Crippen LogP contribution in [0.2, 0.25) is 0 Å². The molecular weight excluding hydrogens is 276 g/mol. The molecule has 0 spiro atoms. The number of carbonyl (C=O) groups excluding carboxylic acids is 1. The molecule has 0 radical (unpaired) electrons. The highest BCUT2D eigenvalue weighted by Gasteiger charge is 2.14. The molecule has 8 heteroatoms. The number of amides is 2. The van der Waals surface area contributed by atoms with E-state index in [2.05, 4.69) is 15.7 Å². The molecule has 2 amide bonds. The van der Waals surface area contributed by atoms with E-state index in [-0.39, 0.29) is 18.1 Å². The van der Waals surface area contributed by atoms with Gasteiger partial charge >= 0.3 is 12.0 Å². The smallest absolute Gasteiger partial charge is 0.339 e. The minimum Gasteiger partial charge on any atom is -0.478 e. The lowest BCUT2D eigenvalue weighted by Gasteiger charge is -2.04. The fourth-order valence-electron chi connectivity index (χ4n) is 1.80. The van der Waals surface area contributed by atoms with Crippen molar-refractivity contribution >= 4 is 12.0 Å². The van der Waals surface area contributed by atoms with Crippen molar-refractivity contribution in [3.05, 3.63) is 41.1 Å². The number of carboxylic acids is 1. The molecule has 0 saturated heterocycles. The highest BCUT2D eigenvalue weighted by molar-refractivity contribution is 5.88. The summed E-state index contributed by atoms with van der Waals surface area (Å²) < 4.78 is 6.90. The van der Waals surface area contributed by atoms with E-state index in [0.29, 0.717) is 18.1 Å². The molecule has 2 heterocycles. The van der Waals surface area contributed by atoms with Gasteiger partial charge in [-0.25, -0.2) is 9.59 Å². The minimum absolute atomic E-state index is 0.0979. The van der Waals surface area contributed by atoms with Crippen LogP contribution in [0, 0.1) is 6.92 Å². The average molecular weight is 292 g/mol. The topological polar surface area (TPSA) is 109 Å². The van der Waals surface area contributed by atoms with Gasteiger partial charge in [0.25, 0.3) is 0 Å². The predicted molar refractivity (Wildman–Crippen MR) is 72.7 cm³/mol. The number of nitrogens with zero attached hydrogens (tertiary/aromatic N) is 2. The zero-order valence-corrected chi connectivity index (χ0v) is 11.7. The lowest BCUT2D eigenvalue weighted by molar-refractivity contribution is 0.0695. The Morgan fingerprint density at radius 3 is 2.67 bits per heavy atom. The maximum Gasteiger partial charge on any atom is 0.339 e. The molecule has 0 fully saturated rings. The number of aromatic carboxylic acids is 1. The molecule has 2 aromatic rings. The van der Waals surface area contributed by atoms with E-state index >= 15 is 0 Å². The largest absolute Gasteiger partial charge is 0.478 e. The van der Waals surface area contributed by atoms with Gasteiger partial charge in [-0.05, 0) is 19.1 Å². The van der Waals surface area contributed by atoms with Crippen molar-refractivity contribution in [3.8, 4) is 0 Å². The number of aryl methyl sites for hydroxylation is 2. The Kier molecular flexibility index (Phi) is 4.27. The molecule has 0 saturated carbocycles. The molecule has 2 rings (SSSR count). The number of hydrogen-bond acceptors (Lipinski definition) is 4. The van der Waals surface area contributed by atoms with Crippen LogP contribution in [0.25, 0.3) is 0 Å². The van der Waals surface area contributed by atoms with E-state index in [9.17, 15) is 9.59 Å². The quantitative estimate of drug-likeness (QED) is 0.762. The third-order valence-corrected chi connectivity index (χ3v) is 2.82. The Labute approximate surface area is 120 Å². The summed E-state index contributed by atoms with van der Waals surface area (Å²) in [5, 5.41) is 18.3. The molecule has 8 nitrogen and oxygen atoms in total. The summed E-state index contributed by atoms with van der Waals surface area (Å²) in [5.74, 6) is -0.354. The molecule has 0 atom stereocenters. The molecular formula is C13H16N4O4. The van der Waals surface area contributed by atoms with Crippen LogP contribution in [-0.2, 0) is 20.1 Å². The van der Waals surface area contributed by atoms with Crippen molar-refractivity contribution in [2.45, 2.75) is 20.0 Å². The Morgan fingerprint density at radius 2 is 2.10 bits per heavy atom. The summed E-state index contributed by atoms with van der Waals surface area (Å²) in [6, 6.07) is 2.82. The van der Waals surface area contributed by atoms with Gasteiger partial charge in [-0.2, -0.15) is 5.10 Å². The van der Waals surface area contributed by atoms with Crippen molar-refractivity contribution in [2.24, 2.45) is 7.05 Å². The lowest BCUT2D eigenvalue weighted by atomic mass is 10.2. The number of carboxylic acid groups (broad SMARTS) is 1. The van der Waals surface area contributed by atoms with Gasteiger partial charge in [0.15, 0.2) is 0 Å². The number of furan rings is 1. The Morgan fingerprint density at radius 1 is 1.38 bits per heavy atom. The molecule has 3 N–H and O–H groups in total. The molecule has 0 aliphatic carbocycles. The van der Waals surface area contributed by atoms with Crippen LogP contribution < -0.4 is 10.6 Å². The zero-order valence-electron chi connectivity index (χ0n) is 11.7. The lowest BCUT2D eigenvalue weighted by Crippen LogP contribution is -2.34. The normalized spacial score (nSPS) is 10.4. The maximum atomic E-state index is 11.6. The second kappa shape index (κ2) is 6.12. The molecule has 0 aromatic carbocycles. The number of urea groups is 1. The first-order valence-corrected chi connectivity index (χ1v) is 6.28. The van der Waals surface area contributed by atoms with Gasteiger partial charge in [0.2, 0.25) is 0 Å². The van der Waals surface area contributed by atoms with Gasteiger partial charge in [0.1, 0.15) is 17.1 Å². The van der Waals surface area contributed by atoms with Crippen LogP contribution in [0.1, 0.15) is 27.6 Å². The van der Waals surface area contributed by atoms with Gasteiger partial charge < -0.3 is 20.2 Å². The monoisotopic (exact) mass is 292 g/mol. The molecule has 0 bridgehead atoms. The average Bonchev–Trinajstić information content (AvgIpc) is 3.00. The first-order valence-electron chi connectivity index (χ1n) is 6.28. The highest BCUT2D eigenvalue weighted by Crippen LogP contribution is 2.14. The van der Waals surface area contributed by atoms with Crippen LogP contribution in [0.15, 0.2) is 22.7 Å². The van der Waals surface area contributed by atoms with Crippen molar-refractivity contribution in [3.63, 3.8) is 0 Å². The van der Waals surface area contributed by atoms with E-state index in [1.807, 2.05) is 0 Å². The Bertz CT molecular complexity index is 659. The summed E-state index contributed by atoms with van der Waals surface area (Å²) in [6.07, 6.45) is 1.79. The van der Waals surface area contributed by atoms with Gasteiger partial charge in [-0.15, -0.1) is 0 Å². The van der Waals surface area contributed by atoms with Crippen LogP contribution in [0.4, 0.5) is 4.79 Å². The van der Waals surface area contributed by atoms with Crippen LogP contribution in [-0.4, -0.2) is 26.9 Å². The molecule has 0 aliphatic heterocycles. The summed E-state index contributed by atoms with van der Waals surface area (Å²) in [6.45, 7) is 1.99. The fourth-order valence-corrected chi connectivity index (χ4v) is 1.80. The number of hydrogen-bond donors (Lipinski definition) is 3. The van der Waals surface area contributed by atoms with E-state index in [1.54, 1.807) is 30.9 Å². The summed E-state index contributed by atoms with van der Waals surface area (Å²) in [7, 11) is 1.79. The van der Waals surface area contributed by atoms with Crippen molar-refractivity contribution in [1.82, 2.24) is 20.4 Å². The predicted octanol–water partition coefficient (Wildman–Crippen LogP) is 1.02. The van der Waals surface area contributed by atoms with Gasteiger partial charge in [-0.3, -0.25) is 4.68 Å². The van der Waals surface area contributed by atoms with E-state index in [4.69, 9.17) is 9.52 Å². The molecule has 0 aliphatic rings. The molecule has 0 unspecified atom stereocenters. The van der Waals surface area contributed by atoms with Gasteiger partial charge in [0, 0.05) is 13.2 Å². The maximum absolute atomic E-state index is 11.6. The summed E-state index contributed by atoms with van der Waals surface area (Å²) in [5.41, 5.74) is 0.843. The SMILES string of the molecule is Cc1oc(CNC(=O)NCc2ccn(C)n2)cc1C(=O)O. The summed E-state index contributed by atoms with van der Waals surface area (Å²) >= 11 is 0. The number of rotatable bonds is 5. The first-order chi connectivity index (χ1) is 9.95.